The van der Waals surface area contributed by atoms with E-state index in [2.05, 4.69) is 16.0 Å². The first-order valence-electron chi connectivity index (χ1n) is 22.2. The van der Waals surface area contributed by atoms with Crippen molar-refractivity contribution in [2.75, 3.05) is 39.6 Å². The number of hydrogen-bond acceptors (Lipinski definition) is 28. The standard InChI is InChI=1S/C39H67N3O29/c1-11-23(54)28(59)30(61)36(65-11)70-34-29(60)26(57)18(7-45)66-37(34)69-32-19(8-46)67-35(22(27(32)58)41-13(3)49)68-31(14(5-43)40-12(2)48)25(56)17(52)10-64-39(38(62)63)4-15(50)21(42-20(53)9-47)33(71-39)24(55)16(51)6-44/h11,14-19,21-37,43-47,50-52,54-61H,4-10H2,1-3H3,(H,40,48)(H,41,49)(H,42,53)(H,62,63)/t11-,14-,15-,16+,17+,18+,19+,21+,22+,23+,24+,25-,26-,27+,28+,29-,30-,31+,32+,33+,34+,35-,36-,37-,39+/m0/s1. The number of hydrogen-bond donors (Lipinski definition) is 20. The molecule has 4 aliphatic rings. The quantitative estimate of drug-likeness (QED) is 0.0452. The van der Waals surface area contributed by atoms with Crippen molar-refractivity contribution in [3.8, 4) is 0 Å². The van der Waals surface area contributed by atoms with Crippen LogP contribution in [0.3, 0.4) is 0 Å². The molecule has 32 heteroatoms. The Morgan fingerprint density at radius 2 is 1.30 bits per heavy atom. The Bertz CT molecular complexity index is 1730. The van der Waals surface area contributed by atoms with Crippen LogP contribution in [0.2, 0.25) is 0 Å². The molecule has 0 aromatic carbocycles. The maximum Gasteiger partial charge on any atom is 0.364 e. The summed E-state index contributed by atoms with van der Waals surface area (Å²) in [6.45, 7) is -3.57. The SMILES string of the molecule is CC(=O)N[C@H]1[C@H](O[C@@H]([C@@H](O)[C@H](O)CO[C@]2(C(=O)O)C[C@H](O)[C@@H](NC(=O)CO)[C@H]([C@H](O)[C@H](O)CO)O2)[C@H](CO)NC(C)=O)O[C@H](CO)[C@@H](O[C@@H]2O[C@H](CO)[C@H](O)[C@H](O)[C@H]2O[C@@H]2O[C@@H](C)[C@@H](O)[C@@H](O)[C@@H]2O)[C@@H]1O. The van der Waals surface area contributed by atoms with E-state index < -0.39 is 222 Å². The number of carboxylic acid groups (broad SMARTS) is 1. The summed E-state index contributed by atoms with van der Waals surface area (Å²) < 4.78 is 45.5. The Morgan fingerprint density at radius 1 is 0.676 bits per heavy atom. The Hall–Kier alpha value is -3.08. The third-order valence-corrected chi connectivity index (χ3v) is 12.2. The van der Waals surface area contributed by atoms with Crippen LogP contribution in [-0.2, 0) is 57.1 Å². The van der Waals surface area contributed by atoms with Gasteiger partial charge in [-0.2, -0.15) is 0 Å². The van der Waals surface area contributed by atoms with E-state index in [0.717, 1.165) is 13.8 Å². The molecule has 0 bridgehead atoms. The predicted molar refractivity (Wildman–Crippen MR) is 221 cm³/mol. The fraction of sp³-hybridized carbons (Fsp3) is 0.897. The van der Waals surface area contributed by atoms with Gasteiger partial charge in [0, 0.05) is 20.3 Å². The van der Waals surface area contributed by atoms with Gasteiger partial charge in [0.25, 0.3) is 5.79 Å². The van der Waals surface area contributed by atoms with Gasteiger partial charge in [-0.1, -0.05) is 0 Å². The van der Waals surface area contributed by atoms with E-state index in [-0.39, 0.29) is 0 Å². The van der Waals surface area contributed by atoms with Crippen LogP contribution in [-0.4, -0.2) is 303 Å². The molecule has 0 aromatic rings. The van der Waals surface area contributed by atoms with E-state index in [1.807, 2.05) is 0 Å². The van der Waals surface area contributed by atoms with Gasteiger partial charge in [0.15, 0.2) is 18.9 Å². The molecular formula is C39H67N3O29. The van der Waals surface area contributed by atoms with Crippen LogP contribution >= 0.6 is 0 Å². The van der Waals surface area contributed by atoms with Crippen LogP contribution in [0, 0.1) is 0 Å². The van der Waals surface area contributed by atoms with Crippen LogP contribution in [0.5, 0.6) is 0 Å². The summed E-state index contributed by atoms with van der Waals surface area (Å²) in [4.78, 5) is 49.7. The molecule has 32 nitrogen and oxygen atoms in total. The summed E-state index contributed by atoms with van der Waals surface area (Å²) in [5, 5.41) is 186. The van der Waals surface area contributed by atoms with Crippen molar-refractivity contribution in [2.45, 2.75) is 180 Å². The van der Waals surface area contributed by atoms with Gasteiger partial charge in [0.05, 0.1) is 57.3 Å². The molecule has 20 N–H and O–H groups in total. The summed E-state index contributed by atoms with van der Waals surface area (Å²) in [5.41, 5.74) is 0. The first kappa shape index (κ1) is 60.5. The maximum atomic E-state index is 12.7. The molecule has 0 radical (unpaired) electrons. The van der Waals surface area contributed by atoms with E-state index in [0.29, 0.717) is 0 Å². The van der Waals surface area contributed by atoms with Crippen molar-refractivity contribution in [3.63, 3.8) is 0 Å². The second-order valence-electron chi connectivity index (χ2n) is 17.4. The number of nitrogens with one attached hydrogen (secondary N) is 3. The van der Waals surface area contributed by atoms with E-state index in [9.17, 15) is 106 Å². The highest BCUT2D eigenvalue weighted by molar-refractivity contribution is 5.78. The number of rotatable bonds is 23. The molecule has 0 unspecified atom stereocenters. The number of aliphatic hydroxyl groups excluding tert-OH is 16. The molecule has 71 heavy (non-hydrogen) atoms. The van der Waals surface area contributed by atoms with E-state index >= 15 is 0 Å². The monoisotopic (exact) mass is 1040 g/mol. The zero-order valence-electron chi connectivity index (χ0n) is 38.3. The van der Waals surface area contributed by atoms with Gasteiger partial charge in [-0.3, -0.25) is 14.4 Å². The van der Waals surface area contributed by atoms with Crippen molar-refractivity contribution < 1.29 is 144 Å². The Labute approximate surface area is 402 Å². The van der Waals surface area contributed by atoms with Crippen LogP contribution in [0.25, 0.3) is 0 Å². The van der Waals surface area contributed by atoms with Crippen molar-refractivity contribution in [3.05, 3.63) is 0 Å². The van der Waals surface area contributed by atoms with Crippen molar-refractivity contribution in [1.29, 1.82) is 0 Å². The molecule has 4 aliphatic heterocycles. The van der Waals surface area contributed by atoms with Gasteiger partial charge >= 0.3 is 5.97 Å². The van der Waals surface area contributed by atoms with Crippen molar-refractivity contribution >= 4 is 23.7 Å². The molecule has 4 saturated heterocycles. The number of ether oxygens (including phenoxy) is 8. The second kappa shape index (κ2) is 26.4. The lowest BCUT2D eigenvalue weighted by Gasteiger charge is -2.49. The highest BCUT2D eigenvalue weighted by Gasteiger charge is 2.58. The largest absolute Gasteiger partial charge is 0.477 e. The van der Waals surface area contributed by atoms with E-state index in [4.69, 9.17) is 37.9 Å². The predicted octanol–water partition coefficient (Wildman–Crippen LogP) is -12.7. The fourth-order valence-corrected chi connectivity index (χ4v) is 8.36. The first-order chi connectivity index (χ1) is 33.3. The molecule has 412 valence electrons. The van der Waals surface area contributed by atoms with Crippen molar-refractivity contribution in [1.82, 2.24) is 16.0 Å². The highest BCUT2D eigenvalue weighted by atomic mass is 16.8. The minimum absolute atomic E-state index is 0.878. The number of amides is 3. The molecule has 4 fully saturated rings. The molecule has 0 aliphatic carbocycles. The molecule has 0 spiro atoms. The summed E-state index contributed by atoms with van der Waals surface area (Å²) in [5.74, 6) is -8.08. The van der Waals surface area contributed by atoms with Crippen molar-refractivity contribution in [2.24, 2.45) is 0 Å². The zero-order chi connectivity index (χ0) is 53.4. The number of aliphatic hydroxyl groups is 16. The molecular weight excluding hydrogens is 974 g/mol. The fourth-order valence-electron chi connectivity index (χ4n) is 8.36. The lowest BCUT2D eigenvalue weighted by Crippen LogP contribution is -2.69. The molecule has 0 saturated carbocycles. The molecule has 4 rings (SSSR count). The van der Waals surface area contributed by atoms with Gasteiger partial charge in [0.2, 0.25) is 17.7 Å². The van der Waals surface area contributed by atoms with Gasteiger partial charge < -0.3 is 141 Å². The number of carboxylic acids is 1. The lowest BCUT2D eigenvalue weighted by molar-refractivity contribution is -0.384. The third kappa shape index (κ3) is 14.2. The van der Waals surface area contributed by atoms with E-state index in [1.54, 1.807) is 0 Å². The molecule has 0 aromatic heterocycles. The van der Waals surface area contributed by atoms with Gasteiger partial charge in [-0.15, -0.1) is 0 Å². The van der Waals surface area contributed by atoms with Gasteiger partial charge in [0.1, 0.15) is 110 Å². The smallest absolute Gasteiger partial charge is 0.364 e. The topological polar surface area (TPSA) is 522 Å². The Balaban J connectivity index is 1.65. The number of aliphatic carboxylic acids is 1. The normalized spacial score (nSPS) is 40.3. The van der Waals surface area contributed by atoms with E-state index in [1.165, 1.54) is 6.92 Å². The highest BCUT2D eigenvalue weighted by Crippen LogP contribution is 2.36. The first-order valence-corrected chi connectivity index (χ1v) is 22.2. The zero-order valence-corrected chi connectivity index (χ0v) is 38.3. The molecule has 25 atom stereocenters. The Kier molecular flexibility index (Phi) is 22.5. The second-order valence-corrected chi connectivity index (χ2v) is 17.4. The van der Waals surface area contributed by atoms with Crippen LogP contribution < -0.4 is 16.0 Å². The van der Waals surface area contributed by atoms with Gasteiger partial charge in [-0.25, -0.2) is 4.79 Å². The molecule has 3 amide bonds. The number of carbonyl (C=O) groups is 4. The summed E-state index contributed by atoms with van der Waals surface area (Å²) in [6, 6.07) is -5.39. The number of carbonyl (C=O) groups excluding carboxylic acids is 3. The summed E-state index contributed by atoms with van der Waals surface area (Å²) in [6.07, 6.45) is -42.4. The summed E-state index contributed by atoms with van der Waals surface area (Å²) in [7, 11) is 0. The lowest BCUT2D eigenvalue weighted by atomic mass is 9.88. The summed E-state index contributed by atoms with van der Waals surface area (Å²) >= 11 is 0. The van der Waals surface area contributed by atoms with Crippen LogP contribution in [0.15, 0.2) is 0 Å². The van der Waals surface area contributed by atoms with Gasteiger partial charge in [-0.05, 0) is 6.92 Å². The van der Waals surface area contributed by atoms with Crippen LogP contribution in [0.4, 0.5) is 0 Å². The minimum atomic E-state index is -3.09. The average molecular weight is 1040 g/mol. The maximum absolute atomic E-state index is 12.7. The Morgan fingerprint density at radius 3 is 1.85 bits per heavy atom. The minimum Gasteiger partial charge on any atom is -0.477 e. The molecule has 4 heterocycles. The third-order valence-electron chi connectivity index (χ3n) is 12.2. The van der Waals surface area contributed by atoms with Crippen LogP contribution in [0.1, 0.15) is 27.2 Å². The average Bonchev–Trinajstić information content (AvgIpc) is 3.33.